The van der Waals surface area contributed by atoms with Crippen LogP contribution in [0.25, 0.3) is 10.9 Å². The molecule has 0 radical (unpaired) electrons. The summed E-state index contributed by atoms with van der Waals surface area (Å²) in [7, 11) is 0. The molecule has 0 fully saturated rings. The second-order valence-corrected chi connectivity index (χ2v) is 5.30. The molecule has 0 aliphatic carbocycles. The first-order chi connectivity index (χ1) is 9.36. The number of rotatable bonds is 2. The minimum atomic E-state index is 0.400. The third kappa shape index (κ3) is 2.53. The Morgan fingerprint density at radius 1 is 1.21 bits per heavy atom. The van der Waals surface area contributed by atoms with E-state index in [1.807, 2.05) is 29.1 Å². The first-order valence-corrected chi connectivity index (χ1v) is 6.86. The molecule has 0 bridgehead atoms. The summed E-state index contributed by atoms with van der Waals surface area (Å²) in [6, 6.07) is 12.4. The molecule has 0 aliphatic rings. The fourth-order valence-electron chi connectivity index (χ4n) is 1.97. The molecule has 2 aromatic heterocycles. The topological polar surface area (TPSA) is 43.8 Å². The number of nitrogens with two attached hydrogens (primary N) is 1. The van der Waals surface area contributed by atoms with Crippen molar-refractivity contribution in [3.63, 3.8) is 0 Å². The van der Waals surface area contributed by atoms with E-state index in [4.69, 9.17) is 5.73 Å². The maximum absolute atomic E-state index is 5.37. The Morgan fingerprint density at radius 2 is 2.11 bits per heavy atom. The number of thiophene rings is 1. The van der Waals surface area contributed by atoms with Crippen molar-refractivity contribution in [3.8, 4) is 11.8 Å². The molecule has 0 atom stereocenters. The van der Waals surface area contributed by atoms with Gasteiger partial charge < -0.3 is 5.73 Å². The van der Waals surface area contributed by atoms with Gasteiger partial charge in [0.25, 0.3) is 0 Å². The summed E-state index contributed by atoms with van der Waals surface area (Å²) in [5, 5.41) is 5.60. The van der Waals surface area contributed by atoms with Gasteiger partial charge in [-0.3, -0.25) is 4.68 Å². The van der Waals surface area contributed by atoms with E-state index in [1.165, 1.54) is 10.3 Å². The lowest BCUT2D eigenvalue weighted by atomic mass is 10.2. The van der Waals surface area contributed by atoms with E-state index in [9.17, 15) is 0 Å². The van der Waals surface area contributed by atoms with Crippen molar-refractivity contribution < 1.29 is 0 Å². The van der Waals surface area contributed by atoms with E-state index in [0.29, 0.717) is 6.54 Å². The molecule has 1 aromatic carbocycles. The summed E-state index contributed by atoms with van der Waals surface area (Å²) < 4.78 is 2.02. The number of nitrogens with zero attached hydrogens (tertiary/aromatic N) is 2. The monoisotopic (exact) mass is 267 g/mol. The molecule has 0 saturated heterocycles. The zero-order chi connectivity index (χ0) is 13.1. The average molecular weight is 267 g/mol. The van der Waals surface area contributed by atoms with Crippen LogP contribution in [0.15, 0.2) is 42.6 Å². The minimum absolute atomic E-state index is 0.400. The summed E-state index contributed by atoms with van der Waals surface area (Å²) in [5.41, 5.74) is 6.53. The molecule has 2 N–H and O–H groups in total. The molecule has 94 valence electrons. The number of hydrogen-bond acceptors (Lipinski definition) is 3. The van der Waals surface area contributed by atoms with E-state index in [0.717, 1.165) is 16.9 Å². The molecule has 0 amide bonds. The van der Waals surface area contributed by atoms with Gasteiger partial charge in [0.1, 0.15) is 0 Å². The van der Waals surface area contributed by atoms with Gasteiger partial charge in [-0.15, -0.1) is 11.3 Å². The summed E-state index contributed by atoms with van der Waals surface area (Å²) >= 11 is 1.69. The SMILES string of the molecule is NCC#Cc1ccc(Cn2ncc3ccccc32)s1. The first-order valence-electron chi connectivity index (χ1n) is 6.05. The number of hydrogen-bond donors (Lipinski definition) is 1. The van der Waals surface area contributed by atoms with Crippen LogP contribution in [-0.2, 0) is 6.54 Å². The molecule has 0 spiro atoms. The van der Waals surface area contributed by atoms with Crippen LogP contribution < -0.4 is 5.73 Å². The second kappa shape index (κ2) is 5.27. The van der Waals surface area contributed by atoms with Crippen molar-refractivity contribution in [2.45, 2.75) is 6.54 Å². The van der Waals surface area contributed by atoms with Crippen LogP contribution in [0.2, 0.25) is 0 Å². The summed E-state index contributed by atoms with van der Waals surface area (Å²) in [4.78, 5) is 2.30. The van der Waals surface area contributed by atoms with Gasteiger partial charge >= 0.3 is 0 Å². The Bertz CT molecular complexity index is 758. The predicted molar refractivity (Wildman–Crippen MR) is 79.1 cm³/mol. The summed E-state index contributed by atoms with van der Waals surface area (Å²) in [5.74, 6) is 5.93. The molecule has 3 rings (SSSR count). The molecule has 0 unspecified atom stereocenters. The molecule has 4 heteroatoms. The van der Waals surface area contributed by atoms with Crippen molar-refractivity contribution in [1.29, 1.82) is 0 Å². The zero-order valence-electron chi connectivity index (χ0n) is 10.3. The average Bonchev–Trinajstić information content (AvgIpc) is 3.05. The largest absolute Gasteiger partial charge is 0.320 e. The zero-order valence-corrected chi connectivity index (χ0v) is 11.2. The van der Waals surface area contributed by atoms with Crippen molar-refractivity contribution in [1.82, 2.24) is 9.78 Å². The lowest BCUT2D eigenvalue weighted by molar-refractivity contribution is 0.721. The molecule has 2 heterocycles. The van der Waals surface area contributed by atoms with Gasteiger partial charge in [0.15, 0.2) is 0 Å². The van der Waals surface area contributed by atoms with E-state index in [-0.39, 0.29) is 0 Å². The van der Waals surface area contributed by atoms with Gasteiger partial charge in [0.2, 0.25) is 0 Å². The van der Waals surface area contributed by atoms with Crippen LogP contribution in [-0.4, -0.2) is 16.3 Å². The Hall–Kier alpha value is -2.09. The van der Waals surface area contributed by atoms with Crippen LogP contribution in [0.1, 0.15) is 9.75 Å². The predicted octanol–water partition coefficient (Wildman–Crippen LogP) is 2.46. The van der Waals surface area contributed by atoms with E-state index < -0.39 is 0 Å². The Kier molecular flexibility index (Phi) is 3.32. The maximum atomic E-state index is 5.37. The van der Waals surface area contributed by atoms with Crippen molar-refractivity contribution >= 4 is 22.2 Å². The first kappa shape index (κ1) is 12.0. The van der Waals surface area contributed by atoms with Crippen LogP contribution in [0, 0.1) is 11.8 Å². The van der Waals surface area contributed by atoms with Gasteiger partial charge in [-0.05, 0) is 18.2 Å². The van der Waals surface area contributed by atoms with E-state index >= 15 is 0 Å². The number of fused-ring (bicyclic) bond motifs is 1. The summed E-state index contributed by atoms with van der Waals surface area (Å²) in [6.07, 6.45) is 1.90. The van der Waals surface area contributed by atoms with Crippen LogP contribution in [0.3, 0.4) is 0 Å². The van der Waals surface area contributed by atoms with E-state index in [2.05, 4.69) is 35.1 Å². The standard InChI is InChI=1S/C15H13N3S/c16-9-3-5-13-7-8-14(19-13)11-18-15-6-2-1-4-12(15)10-17-18/h1-2,4,6-8,10H,9,11,16H2. The molecule has 3 nitrogen and oxygen atoms in total. The Balaban J connectivity index is 1.87. The molecular weight excluding hydrogens is 254 g/mol. The van der Waals surface area contributed by atoms with E-state index in [1.54, 1.807) is 11.3 Å². The fraction of sp³-hybridized carbons (Fsp3) is 0.133. The maximum Gasteiger partial charge on any atom is 0.0772 e. The van der Waals surface area contributed by atoms with Crippen molar-refractivity contribution in [2.75, 3.05) is 6.54 Å². The van der Waals surface area contributed by atoms with Crippen LogP contribution >= 0.6 is 11.3 Å². The molecular formula is C15H13N3S. The highest BCUT2D eigenvalue weighted by atomic mass is 32.1. The second-order valence-electron chi connectivity index (χ2n) is 4.13. The highest BCUT2D eigenvalue weighted by Crippen LogP contribution is 2.19. The molecule has 3 aromatic rings. The third-order valence-electron chi connectivity index (χ3n) is 2.83. The highest BCUT2D eigenvalue weighted by Gasteiger charge is 2.04. The summed E-state index contributed by atoms with van der Waals surface area (Å²) in [6.45, 7) is 1.18. The van der Waals surface area contributed by atoms with Crippen LogP contribution in [0.5, 0.6) is 0 Å². The van der Waals surface area contributed by atoms with Gasteiger partial charge in [-0.1, -0.05) is 30.0 Å². The highest BCUT2D eigenvalue weighted by molar-refractivity contribution is 7.12. The Labute approximate surface area is 115 Å². The van der Waals surface area contributed by atoms with Crippen molar-refractivity contribution in [2.24, 2.45) is 5.73 Å². The quantitative estimate of drug-likeness (QED) is 0.725. The van der Waals surface area contributed by atoms with Gasteiger partial charge in [0, 0.05) is 10.3 Å². The molecule has 0 aliphatic heterocycles. The number of benzene rings is 1. The van der Waals surface area contributed by atoms with Gasteiger partial charge in [-0.25, -0.2) is 0 Å². The third-order valence-corrected chi connectivity index (χ3v) is 3.82. The minimum Gasteiger partial charge on any atom is -0.320 e. The van der Waals surface area contributed by atoms with Crippen molar-refractivity contribution in [3.05, 3.63) is 52.3 Å². The number of aromatic nitrogens is 2. The lowest BCUT2D eigenvalue weighted by Gasteiger charge is -2.00. The molecule has 19 heavy (non-hydrogen) atoms. The van der Waals surface area contributed by atoms with Gasteiger partial charge in [-0.2, -0.15) is 5.10 Å². The smallest absolute Gasteiger partial charge is 0.0772 e. The molecule has 0 saturated carbocycles. The lowest BCUT2D eigenvalue weighted by Crippen LogP contribution is -1.99. The Morgan fingerprint density at radius 3 is 3.00 bits per heavy atom. The fourth-order valence-corrected chi connectivity index (χ4v) is 2.83. The normalized spacial score (nSPS) is 10.4. The van der Waals surface area contributed by atoms with Gasteiger partial charge in [0.05, 0.1) is 29.7 Å². The number of para-hydroxylation sites is 1. The van der Waals surface area contributed by atoms with Crippen LogP contribution in [0.4, 0.5) is 0 Å².